The molecule has 2 saturated carbocycles. The summed E-state index contributed by atoms with van der Waals surface area (Å²) in [7, 11) is 0. The van der Waals surface area contributed by atoms with Crippen molar-refractivity contribution in [2.45, 2.75) is 39.6 Å². The Kier molecular flexibility index (Phi) is 1.34. The molecule has 2 aliphatic carbocycles. The first-order valence-electron chi connectivity index (χ1n) is 5.37. The molecule has 3 fully saturated rings. The van der Waals surface area contributed by atoms with Crippen LogP contribution >= 0.6 is 0 Å². The monoisotopic (exact) mass is 182 g/mol. The number of aliphatic hydroxyl groups excluding tert-OH is 1. The Bertz CT molecular complexity index is 248. The van der Waals surface area contributed by atoms with Gasteiger partial charge in [0.25, 0.3) is 0 Å². The summed E-state index contributed by atoms with van der Waals surface area (Å²) in [4.78, 5) is 0. The molecule has 0 aromatic rings. The van der Waals surface area contributed by atoms with E-state index in [1.165, 1.54) is 6.42 Å². The predicted octanol–water partition coefficient (Wildman–Crippen LogP) is 1.63. The van der Waals surface area contributed by atoms with Crippen LogP contribution < -0.4 is 0 Å². The Morgan fingerprint density at radius 3 is 2.62 bits per heavy atom. The quantitative estimate of drug-likeness (QED) is 0.617. The van der Waals surface area contributed by atoms with Crippen LogP contribution in [0.1, 0.15) is 27.2 Å². The first-order chi connectivity index (χ1) is 6.03. The maximum absolute atomic E-state index is 9.72. The summed E-state index contributed by atoms with van der Waals surface area (Å²) in [5.74, 6) is 2.46. The Morgan fingerprint density at radius 2 is 2.08 bits per heavy atom. The third-order valence-corrected chi connectivity index (χ3v) is 4.97. The highest BCUT2D eigenvalue weighted by molar-refractivity contribution is 5.13. The average molecular weight is 182 g/mol. The molecule has 13 heavy (non-hydrogen) atoms. The summed E-state index contributed by atoms with van der Waals surface area (Å²) >= 11 is 0. The van der Waals surface area contributed by atoms with Gasteiger partial charge in [0.1, 0.15) is 0 Å². The normalized spacial score (nSPS) is 61.8. The largest absolute Gasteiger partial charge is 0.368 e. The fourth-order valence-corrected chi connectivity index (χ4v) is 4.42. The van der Waals surface area contributed by atoms with Crippen molar-refractivity contribution < 1.29 is 9.84 Å². The molecule has 1 aliphatic heterocycles. The van der Waals surface area contributed by atoms with Crippen LogP contribution in [-0.4, -0.2) is 17.5 Å². The van der Waals surface area contributed by atoms with Crippen LogP contribution in [0, 0.1) is 29.1 Å². The molecule has 2 bridgehead atoms. The maximum atomic E-state index is 9.72. The lowest BCUT2D eigenvalue weighted by Crippen LogP contribution is -2.25. The van der Waals surface area contributed by atoms with Crippen molar-refractivity contribution in [2.75, 3.05) is 0 Å². The lowest BCUT2D eigenvalue weighted by atomic mass is 9.80. The first-order valence-corrected chi connectivity index (χ1v) is 5.37. The van der Waals surface area contributed by atoms with Crippen LogP contribution in [0.4, 0.5) is 0 Å². The van der Waals surface area contributed by atoms with Gasteiger partial charge in [-0.2, -0.15) is 0 Å². The molecule has 6 unspecified atom stereocenters. The fraction of sp³-hybridized carbons (Fsp3) is 1.00. The van der Waals surface area contributed by atoms with E-state index in [0.717, 1.165) is 5.92 Å². The third kappa shape index (κ3) is 0.736. The molecule has 3 aliphatic rings. The summed E-state index contributed by atoms with van der Waals surface area (Å²) in [5, 5.41) is 9.72. The lowest BCUT2D eigenvalue weighted by molar-refractivity contribution is -0.108. The Hall–Kier alpha value is -0.0800. The smallest absolute Gasteiger partial charge is 0.158 e. The molecule has 0 amide bonds. The molecular formula is C11H18O2. The Morgan fingerprint density at radius 1 is 1.38 bits per heavy atom. The minimum Gasteiger partial charge on any atom is -0.368 e. The molecule has 0 aromatic carbocycles. The van der Waals surface area contributed by atoms with Gasteiger partial charge in [0, 0.05) is 5.92 Å². The molecule has 1 saturated heterocycles. The maximum Gasteiger partial charge on any atom is 0.158 e. The van der Waals surface area contributed by atoms with Crippen LogP contribution in [0.15, 0.2) is 0 Å². The number of fused-ring (bicyclic) bond motifs is 1. The van der Waals surface area contributed by atoms with Gasteiger partial charge in [0.05, 0.1) is 6.10 Å². The van der Waals surface area contributed by atoms with E-state index in [1.807, 2.05) is 0 Å². The topological polar surface area (TPSA) is 29.5 Å². The number of hydrogen-bond acceptors (Lipinski definition) is 2. The van der Waals surface area contributed by atoms with Gasteiger partial charge in [-0.05, 0) is 29.6 Å². The highest BCUT2D eigenvalue weighted by atomic mass is 16.6. The van der Waals surface area contributed by atoms with E-state index >= 15 is 0 Å². The molecule has 1 heterocycles. The second-order valence-electron chi connectivity index (χ2n) is 5.70. The van der Waals surface area contributed by atoms with Gasteiger partial charge in [-0.15, -0.1) is 0 Å². The van der Waals surface area contributed by atoms with Crippen molar-refractivity contribution in [3.8, 4) is 0 Å². The van der Waals surface area contributed by atoms with E-state index in [1.54, 1.807) is 0 Å². The summed E-state index contributed by atoms with van der Waals surface area (Å²) < 4.78 is 5.64. The molecule has 0 aromatic heterocycles. The summed E-state index contributed by atoms with van der Waals surface area (Å²) in [6.45, 7) is 6.98. The lowest BCUT2D eigenvalue weighted by Gasteiger charge is -2.24. The zero-order valence-corrected chi connectivity index (χ0v) is 8.53. The second-order valence-corrected chi connectivity index (χ2v) is 5.70. The Labute approximate surface area is 79.3 Å². The SMILES string of the molecule is CC1C2OC(O)C3CC1C(C)(C)C32. The molecule has 3 rings (SSSR count). The highest BCUT2D eigenvalue weighted by Crippen LogP contribution is 2.67. The molecule has 0 spiro atoms. The number of hydrogen-bond donors (Lipinski definition) is 1. The van der Waals surface area contributed by atoms with E-state index in [9.17, 15) is 5.11 Å². The highest BCUT2D eigenvalue weighted by Gasteiger charge is 2.67. The summed E-state index contributed by atoms with van der Waals surface area (Å²) in [6.07, 6.45) is 1.05. The number of rotatable bonds is 0. The summed E-state index contributed by atoms with van der Waals surface area (Å²) in [5.41, 5.74) is 0.395. The zero-order valence-electron chi connectivity index (χ0n) is 8.53. The minimum atomic E-state index is -0.468. The van der Waals surface area contributed by atoms with Gasteiger partial charge in [-0.3, -0.25) is 0 Å². The van der Waals surface area contributed by atoms with E-state index < -0.39 is 6.29 Å². The number of aliphatic hydroxyl groups is 1. The van der Waals surface area contributed by atoms with Crippen LogP contribution in [0.5, 0.6) is 0 Å². The summed E-state index contributed by atoms with van der Waals surface area (Å²) in [6, 6.07) is 0. The van der Waals surface area contributed by atoms with Gasteiger partial charge >= 0.3 is 0 Å². The van der Waals surface area contributed by atoms with Crippen LogP contribution in [-0.2, 0) is 4.74 Å². The van der Waals surface area contributed by atoms with Gasteiger partial charge in [0.2, 0.25) is 0 Å². The standard InChI is InChI=1S/C11H18O2/c1-5-7-4-6-8(11(7,2)3)9(5)13-10(6)12/h5-10,12H,4H2,1-3H3. The van der Waals surface area contributed by atoms with Crippen LogP contribution in [0.2, 0.25) is 0 Å². The van der Waals surface area contributed by atoms with Crippen LogP contribution in [0.3, 0.4) is 0 Å². The van der Waals surface area contributed by atoms with Crippen molar-refractivity contribution in [1.82, 2.24) is 0 Å². The molecule has 74 valence electrons. The fourth-order valence-electron chi connectivity index (χ4n) is 4.42. The third-order valence-electron chi connectivity index (χ3n) is 4.97. The molecule has 0 radical (unpaired) electrons. The minimum absolute atomic E-state index is 0.341. The van der Waals surface area contributed by atoms with Crippen molar-refractivity contribution in [2.24, 2.45) is 29.1 Å². The van der Waals surface area contributed by atoms with Crippen molar-refractivity contribution in [3.63, 3.8) is 0 Å². The average Bonchev–Trinajstić information content (AvgIpc) is 2.51. The predicted molar refractivity (Wildman–Crippen MR) is 48.9 cm³/mol. The second kappa shape index (κ2) is 2.12. The van der Waals surface area contributed by atoms with Gasteiger partial charge in [-0.25, -0.2) is 0 Å². The van der Waals surface area contributed by atoms with E-state index in [-0.39, 0.29) is 0 Å². The van der Waals surface area contributed by atoms with Crippen molar-refractivity contribution in [3.05, 3.63) is 0 Å². The molecule has 2 heteroatoms. The number of ether oxygens (including phenoxy) is 1. The van der Waals surface area contributed by atoms with E-state index in [0.29, 0.717) is 29.3 Å². The van der Waals surface area contributed by atoms with Gasteiger partial charge in [0.15, 0.2) is 6.29 Å². The van der Waals surface area contributed by atoms with Gasteiger partial charge < -0.3 is 9.84 Å². The molecule has 2 nitrogen and oxygen atoms in total. The van der Waals surface area contributed by atoms with E-state index in [4.69, 9.17) is 4.74 Å². The first kappa shape index (κ1) is 8.25. The molecular weight excluding hydrogens is 164 g/mol. The van der Waals surface area contributed by atoms with Crippen molar-refractivity contribution in [1.29, 1.82) is 0 Å². The molecule has 6 atom stereocenters. The van der Waals surface area contributed by atoms with E-state index in [2.05, 4.69) is 20.8 Å². The Balaban J connectivity index is 2.06. The van der Waals surface area contributed by atoms with Gasteiger partial charge in [-0.1, -0.05) is 20.8 Å². The zero-order chi connectivity index (χ0) is 9.38. The van der Waals surface area contributed by atoms with Crippen molar-refractivity contribution >= 4 is 0 Å². The molecule has 1 N–H and O–H groups in total. The van der Waals surface area contributed by atoms with Crippen LogP contribution in [0.25, 0.3) is 0 Å².